The largest absolute Gasteiger partial charge is 0.625 e. The average Bonchev–Trinajstić information content (AvgIpc) is 3.24. The van der Waals surface area contributed by atoms with Crippen molar-refractivity contribution in [2.24, 2.45) is 4.99 Å². The first kappa shape index (κ1) is 30.0. The number of likely N-dealkylation sites (N-methyl/N-ethyl adjacent to an activating group) is 1. The summed E-state index contributed by atoms with van der Waals surface area (Å²) in [5.74, 6) is -1.07. The number of carboxylic acid groups (broad SMARTS) is 1. The van der Waals surface area contributed by atoms with Gasteiger partial charge in [-0.05, 0) is 57.0 Å². The molecule has 1 heterocycles. The number of carbonyl (C=O) groups excluding carboxylic acids is 1. The van der Waals surface area contributed by atoms with E-state index in [1.54, 1.807) is 18.2 Å². The molecule has 3 rings (SSSR count). The van der Waals surface area contributed by atoms with Gasteiger partial charge in [0, 0.05) is 27.1 Å². The van der Waals surface area contributed by atoms with Gasteiger partial charge in [-0.3, -0.25) is 14.7 Å². The van der Waals surface area contributed by atoms with E-state index >= 15 is 0 Å². The van der Waals surface area contributed by atoms with Gasteiger partial charge in [-0.25, -0.2) is 0 Å². The molecule has 0 aliphatic carbocycles. The molecule has 0 saturated carbocycles. The molecular formula is C28H35ClN3NiO3-. The van der Waals surface area contributed by atoms with Crippen molar-refractivity contribution >= 4 is 34.9 Å². The van der Waals surface area contributed by atoms with E-state index in [1.165, 1.54) is 0 Å². The van der Waals surface area contributed by atoms with Crippen molar-refractivity contribution < 1.29 is 31.2 Å². The van der Waals surface area contributed by atoms with E-state index in [0.717, 1.165) is 44.3 Å². The molecule has 36 heavy (non-hydrogen) atoms. The van der Waals surface area contributed by atoms with Gasteiger partial charge < -0.3 is 15.2 Å². The van der Waals surface area contributed by atoms with Gasteiger partial charge >= 0.3 is 5.97 Å². The summed E-state index contributed by atoms with van der Waals surface area (Å²) in [5, 5.41) is 14.6. The van der Waals surface area contributed by atoms with Gasteiger partial charge in [-0.1, -0.05) is 74.7 Å². The molecule has 8 heteroatoms. The smallest absolute Gasteiger partial charge is 0.305 e. The molecule has 6 nitrogen and oxygen atoms in total. The zero-order chi connectivity index (χ0) is 25.4. The fourth-order valence-electron chi connectivity index (χ4n) is 4.73. The molecule has 0 radical (unpaired) electrons. The molecular weight excluding hydrogens is 520 g/mol. The number of unbranched alkanes of at least 4 members (excludes halogenated alkanes) is 1. The van der Waals surface area contributed by atoms with Crippen LogP contribution >= 0.6 is 11.6 Å². The quantitative estimate of drug-likeness (QED) is 0.250. The molecule has 0 bridgehead atoms. The van der Waals surface area contributed by atoms with Crippen molar-refractivity contribution in [1.29, 1.82) is 0 Å². The van der Waals surface area contributed by atoms with Gasteiger partial charge in [0.1, 0.15) is 0 Å². The SMILES string of the molecule is CCCC[C@H](CC(=O)O)N=C(c1ccccc1)c1cc(Cl)ccc1[N-]C(=O)[C@@]1(C)CCCN1CC.[Ni]. The van der Waals surface area contributed by atoms with Crippen molar-refractivity contribution in [3.63, 3.8) is 0 Å². The van der Waals surface area contributed by atoms with Crippen LogP contribution in [0.25, 0.3) is 5.32 Å². The first-order valence-corrected chi connectivity index (χ1v) is 12.8. The monoisotopic (exact) mass is 554 g/mol. The zero-order valence-electron chi connectivity index (χ0n) is 21.2. The van der Waals surface area contributed by atoms with Crippen LogP contribution in [0.5, 0.6) is 0 Å². The minimum absolute atomic E-state index is 0. The Morgan fingerprint density at radius 1 is 1.19 bits per heavy atom. The van der Waals surface area contributed by atoms with Crippen LogP contribution in [-0.4, -0.2) is 52.3 Å². The Balaban J connectivity index is 0.00000456. The Kier molecular flexibility index (Phi) is 11.6. The molecule has 2 atom stereocenters. The van der Waals surface area contributed by atoms with E-state index in [0.29, 0.717) is 28.4 Å². The number of hydrogen-bond donors (Lipinski definition) is 1. The number of benzene rings is 2. The molecule has 0 aromatic heterocycles. The first-order valence-electron chi connectivity index (χ1n) is 12.4. The van der Waals surface area contributed by atoms with E-state index in [-0.39, 0.29) is 28.8 Å². The standard InChI is InChI=1S/C28H36ClN3O3.Ni/c1-4-6-13-22(19-25(33)34)30-26(20-11-8-7-9-12-20)23-18-21(29)14-15-24(23)31-27(35)28(3)16-10-17-32(28)5-2;/h7-9,11-12,14-15,18,22H,4-6,10,13,16-17,19H2,1-3H3,(H2,30,31,33,34,35);/p-1/t22-,28-;/m1./s1. The van der Waals surface area contributed by atoms with Crippen LogP contribution in [0.1, 0.15) is 70.4 Å². The van der Waals surface area contributed by atoms with Gasteiger partial charge in [0.05, 0.1) is 29.6 Å². The Hall–Kier alpha value is -2.21. The van der Waals surface area contributed by atoms with Crippen molar-refractivity contribution in [1.82, 2.24) is 4.90 Å². The molecule has 0 unspecified atom stereocenters. The third-order valence-electron chi connectivity index (χ3n) is 6.73. The number of amides is 1. The van der Waals surface area contributed by atoms with Crippen LogP contribution in [0.2, 0.25) is 5.02 Å². The van der Waals surface area contributed by atoms with Gasteiger partial charge in [0.25, 0.3) is 0 Å². The second-order valence-corrected chi connectivity index (χ2v) is 9.71. The van der Waals surface area contributed by atoms with E-state index in [9.17, 15) is 14.7 Å². The maximum Gasteiger partial charge on any atom is 0.305 e. The van der Waals surface area contributed by atoms with E-state index in [4.69, 9.17) is 16.6 Å². The van der Waals surface area contributed by atoms with Gasteiger partial charge in [-0.15, -0.1) is 5.69 Å². The fourth-order valence-corrected chi connectivity index (χ4v) is 4.90. The van der Waals surface area contributed by atoms with Crippen molar-refractivity contribution in [3.05, 3.63) is 70.0 Å². The molecule has 0 spiro atoms. The Labute approximate surface area is 229 Å². The Morgan fingerprint density at radius 3 is 2.56 bits per heavy atom. The zero-order valence-corrected chi connectivity index (χ0v) is 22.9. The Bertz CT molecular complexity index is 1060. The topological polar surface area (TPSA) is 84.1 Å². The van der Waals surface area contributed by atoms with Gasteiger partial charge in [-0.2, -0.15) is 0 Å². The number of likely N-dealkylation sites (tertiary alicyclic amines) is 1. The van der Waals surface area contributed by atoms with Crippen molar-refractivity contribution in [2.75, 3.05) is 13.1 Å². The van der Waals surface area contributed by atoms with Crippen molar-refractivity contribution in [2.45, 2.75) is 70.9 Å². The van der Waals surface area contributed by atoms with Crippen LogP contribution in [0, 0.1) is 0 Å². The predicted octanol–water partition coefficient (Wildman–Crippen LogP) is 6.61. The summed E-state index contributed by atoms with van der Waals surface area (Å²) in [4.78, 5) is 32.1. The molecule has 1 saturated heterocycles. The maximum atomic E-state index is 13.5. The number of hydrogen-bond acceptors (Lipinski definition) is 4. The molecule has 1 fully saturated rings. The van der Waals surface area contributed by atoms with Crippen LogP contribution in [-0.2, 0) is 26.1 Å². The fraction of sp³-hybridized carbons (Fsp3) is 0.464. The number of halogens is 1. The molecule has 2 aromatic carbocycles. The van der Waals surface area contributed by atoms with Crippen LogP contribution < -0.4 is 0 Å². The summed E-state index contributed by atoms with van der Waals surface area (Å²) >= 11 is 6.41. The summed E-state index contributed by atoms with van der Waals surface area (Å²) in [7, 11) is 0. The number of carbonyl (C=O) groups is 2. The molecule has 1 amide bonds. The molecule has 198 valence electrons. The van der Waals surface area contributed by atoms with Crippen LogP contribution in [0.4, 0.5) is 5.69 Å². The minimum atomic E-state index is -0.887. The second kappa shape index (κ2) is 13.9. The maximum absolute atomic E-state index is 13.5. The summed E-state index contributed by atoms with van der Waals surface area (Å²) < 4.78 is 0. The number of aliphatic imine (C=N–C) groups is 1. The normalized spacial score (nSPS) is 18.9. The number of nitrogens with zero attached hydrogens (tertiary/aromatic N) is 3. The molecule has 1 aliphatic rings. The molecule has 1 N–H and O–H groups in total. The van der Waals surface area contributed by atoms with E-state index in [1.807, 2.05) is 37.3 Å². The number of aliphatic carboxylic acids is 1. The summed E-state index contributed by atoms with van der Waals surface area (Å²) in [6, 6.07) is 14.4. The Morgan fingerprint density at radius 2 is 1.92 bits per heavy atom. The number of rotatable bonds is 11. The third-order valence-corrected chi connectivity index (χ3v) is 6.96. The average molecular weight is 556 g/mol. The van der Waals surface area contributed by atoms with Gasteiger partial charge in [0.15, 0.2) is 0 Å². The van der Waals surface area contributed by atoms with E-state index < -0.39 is 17.6 Å². The minimum Gasteiger partial charge on any atom is -0.625 e. The first-order chi connectivity index (χ1) is 16.8. The van der Waals surface area contributed by atoms with Gasteiger partial charge in [0.2, 0.25) is 0 Å². The third kappa shape index (κ3) is 7.41. The van der Waals surface area contributed by atoms with E-state index in [2.05, 4.69) is 24.1 Å². The summed E-state index contributed by atoms with van der Waals surface area (Å²) in [5.41, 5.74) is 1.92. The van der Waals surface area contributed by atoms with Crippen molar-refractivity contribution in [3.8, 4) is 0 Å². The number of carboxylic acids is 1. The summed E-state index contributed by atoms with van der Waals surface area (Å²) in [6.45, 7) is 7.76. The second-order valence-electron chi connectivity index (χ2n) is 9.27. The molecule has 1 aliphatic heterocycles. The van der Waals surface area contributed by atoms with Crippen LogP contribution in [0.3, 0.4) is 0 Å². The molecule has 2 aromatic rings. The van der Waals surface area contributed by atoms with Crippen LogP contribution in [0.15, 0.2) is 53.5 Å². The summed E-state index contributed by atoms with van der Waals surface area (Å²) in [6.07, 6.45) is 4.15. The predicted molar refractivity (Wildman–Crippen MR) is 142 cm³/mol.